The fourth-order valence-electron chi connectivity index (χ4n) is 4.31. The fourth-order valence-corrected chi connectivity index (χ4v) is 5.98. The number of fused-ring (bicyclic) bond motifs is 2. The Morgan fingerprint density at radius 1 is 1.23 bits per heavy atom. The number of carboxylic acid groups (broad SMARTS) is 1. The number of benzene rings is 2. The molecule has 2 heterocycles. The van der Waals surface area contributed by atoms with Gasteiger partial charge in [-0.2, -0.15) is 0 Å². The van der Waals surface area contributed by atoms with Crippen molar-refractivity contribution in [2.45, 2.75) is 35.8 Å². The van der Waals surface area contributed by atoms with Gasteiger partial charge in [-0.15, -0.1) is 24.2 Å². The molecule has 0 bridgehead atoms. The SMILES string of the molecule is CC(CN1CCC2(CC1)COc1cc(SCc3c(Cl)cccc3Cl)ccc12)C(=O)O.Cl. The summed E-state index contributed by atoms with van der Waals surface area (Å²) in [5, 5.41) is 10.5. The lowest BCUT2D eigenvalue weighted by molar-refractivity contribution is -0.141. The van der Waals surface area contributed by atoms with Gasteiger partial charge in [-0.1, -0.05) is 42.3 Å². The van der Waals surface area contributed by atoms with E-state index in [4.69, 9.17) is 33.0 Å². The van der Waals surface area contributed by atoms with Crippen LogP contribution in [0.5, 0.6) is 5.75 Å². The van der Waals surface area contributed by atoms with Gasteiger partial charge in [-0.25, -0.2) is 0 Å². The lowest BCUT2D eigenvalue weighted by Gasteiger charge is -2.39. The van der Waals surface area contributed by atoms with E-state index in [1.165, 1.54) is 5.56 Å². The van der Waals surface area contributed by atoms with E-state index in [0.717, 1.165) is 42.1 Å². The molecule has 31 heavy (non-hydrogen) atoms. The van der Waals surface area contributed by atoms with Crippen molar-refractivity contribution in [2.75, 3.05) is 26.2 Å². The molecule has 1 unspecified atom stereocenters. The van der Waals surface area contributed by atoms with E-state index in [2.05, 4.69) is 23.1 Å². The van der Waals surface area contributed by atoms with Crippen LogP contribution in [-0.4, -0.2) is 42.2 Å². The molecular weight excluding hydrogens is 477 g/mol. The third-order valence-corrected chi connectivity index (χ3v) is 7.97. The smallest absolute Gasteiger partial charge is 0.307 e. The van der Waals surface area contributed by atoms with Gasteiger partial charge in [-0.05, 0) is 55.8 Å². The topological polar surface area (TPSA) is 49.8 Å². The summed E-state index contributed by atoms with van der Waals surface area (Å²) in [6.45, 7) is 4.90. The van der Waals surface area contributed by atoms with Crippen LogP contribution in [0.2, 0.25) is 10.0 Å². The average molecular weight is 503 g/mol. The number of ether oxygens (including phenoxy) is 1. The minimum atomic E-state index is -0.729. The van der Waals surface area contributed by atoms with E-state index in [1.807, 2.05) is 18.2 Å². The number of likely N-dealkylation sites (tertiary alicyclic amines) is 1. The van der Waals surface area contributed by atoms with Crippen LogP contribution >= 0.6 is 47.4 Å². The van der Waals surface area contributed by atoms with E-state index in [1.54, 1.807) is 18.7 Å². The van der Waals surface area contributed by atoms with Crippen molar-refractivity contribution in [2.24, 2.45) is 5.92 Å². The summed E-state index contributed by atoms with van der Waals surface area (Å²) in [4.78, 5) is 14.5. The molecule has 0 saturated carbocycles. The molecule has 2 aliphatic rings. The molecule has 0 amide bonds. The van der Waals surface area contributed by atoms with E-state index in [0.29, 0.717) is 28.9 Å². The first kappa shape index (κ1) is 24.5. The van der Waals surface area contributed by atoms with E-state index in [-0.39, 0.29) is 23.7 Å². The minimum Gasteiger partial charge on any atom is -0.492 e. The molecule has 8 heteroatoms. The van der Waals surface area contributed by atoms with Crippen LogP contribution < -0.4 is 4.74 Å². The zero-order valence-corrected chi connectivity index (χ0v) is 20.4. The van der Waals surface area contributed by atoms with Gasteiger partial charge in [0.1, 0.15) is 5.75 Å². The lowest BCUT2D eigenvalue weighted by atomic mass is 9.74. The highest BCUT2D eigenvalue weighted by Gasteiger charge is 2.43. The first-order valence-electron chi connectivity index (χ1n) is 10.2. The van der Waals surface area contributed by atoms with Gasteiger partial charge in [0.2, 0.25) is 0 Å². The summed E-state index contributed by atoms with van der Waals surface area (Å²) < 4.78 is 6.11. The number of carboxylic acids is 1. The molecule has 4 rings (SSSR count). The summed E-state index contributed by atoms with van der Waals surface area (Å²) >= 11 is 14.3. The highest BCUT2D eigenvalue weighted by atomic mass is 35.5. The molecule has 2 aliphatic heterocycles. The Bertz CT molecular complexity index is 927. The predicted octanol–water partition coefficient (Wildman–Crippen LogP) is 6.15. The molecule has 0 aromatic heterocycles. The zero-order chi connectivity index (χ0) is 21.3. The molecule has 168 valence electrons. The Kier molecular flexibility index (Phi) is 8.09. The Morgan fingerprint density at radius 3 is 2.55 bits per heavy atom. The highest BCUT2D eigenvalue weighted by molar-refractivity contribution is 7.98. The Hall–Kier alpha value is -1.11. The maximum atomic E-state index is 11.1. The number of hydrogen-bond donors (Lipinski definition) is 1. The molecule has 2 aromatic rings. The van der Waals surface area contributed by atoms with E-state index in [9.17, 15) is 4.79 Å². The number of piperidine rings is 1. The lowest BCUT2D eigenvalue weighted by Crippen LogP contribution is -2.45. The first-order valence-corrected chi connectivity index (χ1v) is 11.9. The largest absolute Gasteiger partial charge is 0.492 e. The second kappa shape index (κ2) is 10.2. The molecule has 4 nitrogen and oxygen atoms in total. The standard InChI is InChI=1S/C23H25Cl2NO3S.ClH/c1-15(22(27)28)12-26-9-7-23(8-10-26)14-29-21-11-16(5-6-18(21)23)30-13-17-19(24)3-2-4-20(17)25;/h2-6,11,15H,7-10,12-14H2,1H3,(H,27,28);1H. The monoisotopic (exact) mass is 501 g/mol. The van der Waals surface area contributed by atoms with Gasteiger partial charge in [0.15, 0.2) is 0 Å². The van der Waals surface area contributed by atoms with Gasteiger partial charge in [0, 0.05) is 38.2 Å². The second-order valence-corrected chi connectivity index (χ2v) is 10.1. The predicted molar refractivity (Wildman–Crippen MR) is 129 cm³/mol. The van der Waals surface area contributed by atoms with Crippen molar-refractivity contribution in [1.29, 1.82) is 0 Å². The quantitative estimate of drug-likeness (QED) is 0.480. The molecule has 2 aromatic carbocycles. The first-order chi connectivity index (χ1) is 14.4. The molecule has 1 atom stereocenters. The van der Waals surface area contributed by atoms with Crippen molar-refractivity contribution in [3.8, 4) is 5.75 Å². The molecule has 1 saturated heterocycles. The van der Waals surface area contributed by atoms with Crippen LogP contribution in [-0.2, 0) is 16.0 Å². The van der Waals surface area contributed by atoms with Crippen LogP contribution in [0, 0.1) is 5.92 Å². The molecule has 0 aliphatic carbocycles. The molecule has 0 radical (unpaired) electrons. The van der Waals surface area contributed by atoms with Gasteiger partial charge >= 0.3 is 5.97 Å². The summed E-state index contributed by atoms with van der Waals surface area (Å²) in [5.74, 6) is 0.613. The molecular formula is C23H26Cl3NO3S. The average Bonchev–Trinajstić information content (AvgIpc) is 3.07. The number of aliphatic carboxylic acids is 1. The number of halogens is 3. The summed E-state index contributed by atoms with van der Waals surface area (Å²) in [7, 11) is 0. The molecule has 1 spiro atoms. The second-order valence-electron chi connectivity index (χ2n) is 8.26. The van der Waals surface area contributed by atoms with Crippen molar-refractivity contribution >= 4 is 53.3 Å². The fraction of sp³-hybridized carbons (Fsp3) is 0.435. The van der Waals surface area contributed by atoms with Crippen LogP contribution in [0.3, 0.4) is 0 Å². The van der Waals surface area contributed by atoms with Crippen molar-refractivity contribution in [3.05, 3.63) is 57.6 Å². The van der Waals surface area contributed by atoms with Crippen molar-refractivity contribution in [3.63, 3.8) is 0 Å². The third-order valence-electron chi connectivity index (χ3n) is 6.24. The molecule has 1 fully saturated rings. The van der Waals surface area contributed by atoms with Crippen LogP contribution in [0.1, 0.15) is 30.9 Å². The van der Waals surface area contributed by atoms with Crippen LogP contribution in [0.4, 0.5) is 0 Å². The highest BCUT2D eigenvalue weighted by Crippen LogP contribution is 2.47. The zero-order valence-electron chi connectivity index (χ0n) is 17.3. The van der Waals surface area contributed by atoms with Gasteiger partial charge in [0.25, 0.3) is 0 Å². The normalized spacial score (nSPS) is 18.2. The maximum Gasteiger partial charge on any atom is 0.307 e. The Morgan fingerprint density at radius 2 is 1.90 bits per heavy atom. The summed E-state index contributed by atoms with van der Waals surface area (Å²) in [5.41, 5.74) is 2.29. The van der Waals surface area contributed by atoms with Gasteiger partial charge in [0.05, 0.1) is 12.5 Å². The summed E-state index contributed by atoms with van der Waals surface area (Å²) in [6.07, 6.45) is 1.99. The number of thioether (sulfide) groups is 1. The number of carbonyl (C=O) groups is 1. The van der Waals surface area contributed by atoms with Crippen LogP contribution in [0.15, 0.2) is 41.3 Å². The van der Waals surface area contributed by atoms with E-state index >= 15 is 0 Å². The molecule has 1 N–H and O–H groups in total. The van der Waals surface area contributed by atoms with E-state index < -0.39 is 5.97 Å². The summed E-state index contributed by atoms with van der Waals surface area (Å²) in [6, 6.07) is 12.1. The Balaban J connectivity index is 0.00000272. The van der Waals surface area contributed by atoms with Crippen LogP contribution in [0.25, 0.3) is 0 Å². The Labute approximate surface area is 203 Å². The van der Waals surface area contributed by atoms with Gasteiger partial charge in [-0.3, -0.25) is 4.79 Å². The maximum absolute atomic E-state index is 11.1. The van der Waals surface area contributed by atoms with Crippen molar-refractivity contribution in [1.82, 2.24) is 4.90 Å². The minimum absolute atomic E-state index is 0. The van der Waals surface area contributed by atoms with Crippen molar-refractivity contribution < 1.29 is 14.6 Å². The third kappa shape index (κ3) is 5.28. The number of nitrogens with zero attached hydrogens (tertiary/aromatic N) is 1. The van der Waals surface area contributed by atoms with Gasteiger partial charge < -0.3 is 14.7 Å². The number of rotatable bonds is 6. The number of hydrogen-bond acceptors (Lipinski definition) is 4.